The van der Waals surface area contributed by atoms with Crippen LogP contribution in [0.5, 0.6) is 11.5 Å². The lowest BCUT2D eigenvalue weighted by atomic mass is 9.83. The average Bonchev–Trinajstić information content (AvgIpc) is 3.37. The van der Waals surface area contributed by atoms with Gasteiger partial charge in [0, 0.05) is 43.6 Å². The van der Waals surface area contributed by atoms with Gasteiger partial charge in [-0.2, -0.15) is 0 Å². The minimum Gasteiger partial charge on any atom is -0.507 e. The quantitative estimate of drug-likeness (QED) is 0.348. The van der Waals surface area contributed by atoms with Crippen molar-refractivity contribution in [2.24, 2.45) is 5.92 Å². The number of amides is 4. The fraction of sp³-hybridized carbons (Fsp3) is 0.429. The predicted molar refractivity (Wildman–Crippen MR) is 174 cm³/mol. The van der Waals surface area contributed by atoms with Gasteiger partial charge in [-0.25, -0.2) is 0 Å². The second-order valence-electron chi connectivity index (χ2n) is 13.7. The normalized spacial score (nSPS) is 21.8. The van der Waals surface area contributed by atoms with Crippen LogP contribution in [0.25, 0.3) is 11.3 Å². The summed E-state index contributed by atoms with van der Waals surface area (Å²) >= 11 is 0. The minimum atomic E-state index is -0.654. The highest BCUT2D eigenvalue weighted by atomic mass is 16.5. The van der Waals surface area contributed by atoms with Crippen LogP contribution in [0.1, 0.15) is 60.0 Å². The van der Waals surface area contributed by atoms with Crippen LogP contribution < -0.4 is 20.7 Å². The summed E-state index contributed by atoms with van der Waals surface area (Å²) in [7, 11) is 0. The number of ether oxygens (including phenoxy) is 1. The van der Waals surface area contributed by atoms with Crippen molar-refractivity contribution in [3.8, 4) is 22.8 Å². The van der Waals surface area contributed by atoms with E-state index < -0.39 is 17.6 Å². The summed E-state index contributed by atoms with van der Waals surface area (Å²) in [6.07, 6.45) is 4.28. The molecule has 3 aromatic rings. The van der Waals surface area contributed by atoms with Gasteiger partial charge in [0.15, 0.2) is 5.82 Å². The van der Waals surface area contributed by atoms with E-state index in [-0.39, 0.29) is 35.8 Å². The molecule has 8 rings (SSSR count). The van der Waals surface area contributed by atoms with Crippen molar-refractivity contribution >= 4 is 35.1 Å². The van der Waals surface area contributed by atoms with Crippen molar-refractivity contribution in [2.45, 2.75) is 63.1 Å². The fourth-order valence-electron chi connectivity index (χ4n) is 7.85. The summed E-state index contributed by atoms with van der Waals surface area (Å²) in [6.45, 7) is 2.85. The van der Waals surface area contributed by atoms with E-state index in [0.717, 1.165) is 55.6 Å². The molecule has 4 amide bonds. The highest BCUT2D eigenvalue weighted by Gasteiger charge is 2.50. The molecule has 0 unspecified atom stereocenters. The van der Waals surface area contributed by atoms with Crippen LogP contribution in [0.3, 0.4) is 0 Å². The SMILES string of the molecule is Nc1nnc(-c2ccccc2O)cc1N1CCC(CC(=O)N2CC3(CCc4cc5c(cc4O3)C(=O)N([C@H]3CCC(=O)NC3=O)C5)C2)CC1. The molecule has 48 heavy (non-hydrogen) atoms. The summed E-state index contributed by atoms with van der Waals surface area (Å²) in [5.74, 6) is 0.578. The number of imide groups is 1. The van der Waals surface area contributed by atoms with Crippen LogP contribution in [-0.2, 0) is 27.3 Å². The number of aromatic nitrogens is 2. The van der Waals surface area contributed by atoms with E-state index in [9.17, 15) is 24.3 Å². The number of carbonyl (C=O) groups excluding carboxylic acids is 4. The van der Waals surface area contributed by atoms with Gasteiger partial charge in [-0.3, -0.25) is 24.5 Å². The molecule has 6 heterocycles. The molecular weight excluding hydrogens is 614 g/mol. The Bertz CT molecular complexity index is 1850. The van der Waals surface area contributed by atoms with E-state index in [4.69, 9.17) is 10.5 Å². The van der Waals surface area contributed by atoms with Gasteiger partial charge in [0.1, 0.15) is 23.1 Å². The van der Waals surface area contributed by atoms with Crippen molar-refractivity contribution < 1.29 is 29.0 Å². The number of phenolic OH excluding ortho intramolecular Hbond substituents is 1. The number of phenols is 1. The van der Waals surface area contributed by atoms with Gasteiger partial charge in [0.2, 0.25) is 17.7 Å². The maximum Gasteiger partial charge on any atom is 0.255 e. The number of para-hydroxylation sites is 1. The third-order valence-electron chi connectivity index (χ3n) is 10.6. The molecule has 0 radical (unpaired) electrons. The molecule has 1 atom stereocenters. The molecule has 1 aromatic heterocycles. The number of nitrogens with two attached hydrogens (primary N) is 1. The van der Waals surface area contributed by atoms with E-state index in [0.29, 0.717) is 60.9 Å². The molecule has 13 nitrogen and oxygen atoms in total. The molecule has 0 bridgehead atoms. The third kappa shape index (κ3) is 5.26. The lowest BCUT2D eigenvalue weighted by molar-refractivity contribution is -0.154. The number of carbonyl (C=O) groups is 4. The number of rotatable bonds is 5. The first-order valence-corrected chi connectivity index (χ1v) is 16.6. The Morgan fingerprint density at radius 3 is 2.56 bits per heavy atom. The first-order valence-electron chi connectivity index (χ1n) is 16.6. The van der Waals surface area contributed by atoms with E-state index in [1.54, 1.807) is 29.2 Å². The van der Waals surface area contributed by atoms with Crippen molar-refractivity contribution in [1.29, 1.82) is 0 Å². The number of benzene rings is 2. The molecule has 1 spiro atoms. The molecule has 2 aromatic carbocycles. The smallest absolute Gasteiger partial charge is 0.255 e. The van der Waals surface area contributed by atoms with Crippen molar-refractivity contribution in [3.63, 3.8) is 0 Å². The number of aryl methyl sites for hydroxylation is 1. The van der Waals surface area contributed by atoms with Crippen LogP contribution >= 0.6 is 0 Å². The van der Waals surface area contributed by atoms with Crippen LogP contribution in [0.2, 0.25) is 0 Å². The molecule has 4 N–H and O–H groups in total. The van der Waals surface area contributed by atoms with Crippen LogP contribution in [0, 0.1) is 5.92 Å². The molecule has 0 aliphatic carbocycles. The number of anilines is 2. The Labute approximate surface area is 277 Å². The van der Waals surface area contributed by atoms with Gasteiger partial charge in [0.25, 0.3) is 5.91 Å². The number of fused-ring (bicyclic) bond motifs is 2. The van der Waals surface area contributed by atoms with Crippen molar-refractivity contribution in [3.05, 3.63) is 59.2 Å². The lowest BCUT2D eigenvalue weighted by Gasteiger charge is -2.52. The first-order chi connectivity index (χ1) is 23.2. The number of nitrogen functional groups attached to an aromatic ring is 1. The summed E-state index contributed by atoms with van der Waals surface area (Å²) < 4.78 is 6.50. The number of likely N-dealkylation sites (tertiary alicyclic amines) is 1. The molecular formula is C35H37N7O6. The summed E-state index contributed by atoms with van der Waals surface area (Å²) in [5, 5.41) is 20.9. The number of hydrogen-bond donors (Lipinski definition) is 3. The standard InChI is InChI=1S/C35H37N7O6/c36-32-27(16-25(38-39-32)23-3-1-2-4-28(23)43)40-11-8-20(9-12-40)13-31(45)41-18-35(19-41)10-7-21-14-22-17-42(26-5-6-30(44)37-33(26)46)34(47)24(22)15-29(21)48-35/h1-4,14-16,20,26,43H,5-13,17-19H2,(H2,36,39)(H,37,44,46)/t26-/m0/s1. The zero-order valence-corrected chi connectivity index (χ0v) is 26.5. The van der Waals surface area contributed by atoms with Gasteiger partial charge < -0.3 is 30.3 Å². The topological polar surface area (TPSA) is 171 Å². The highest BCUT2D eigenvalue weighted by Crippen LogP contribution is 2.42. The number of aromatic hydroxyl groups is 1. The number of nitrogens with zero attached hydrogens (tertiary/aromatic N) is 5. The zero-order valence-electron chi connectivity index (χ0n) is 26.5. The molecule has 13 heteroatoms. The second kappa shape index (κ2) is 11.5. The first kappa shape index (κ1) is 30.2. The van der Waals surface area contributed by atoms with Gasteiger partial charge in [-0.1, -0.05) is 12.1 Å². The third-order valence-corrected chi connectivity index (χ3v) is 10.6. The van der Waals surface area contributed by atoms with Gasteiger partial charge >= 0.3 is 0 Å². The summed E-state index contributed by atoms with van der Waals surface area (Å²) in [6, 6.07) is 12.0. The largest absolute Gasteiger partial charge is 0.507 e. The van der Waals surface area contributed by atoms with Gasteiger partial charge in [-0.05, 0) is 79.5 Å². The number of nitrogens with one attached hydrogen (secondary N) is 1. The maximum atomic E-state index is 13.3. The molecule has 5 aliphatic heterocycles. The number of hydrogen-bond acceptors (Lipinski definition) is 10. The summed E-state index contributed by atoms with van der Waals surface area (Å²) in [5.41, 5.74) is 10.1. The second-order valence-corrected chi connectivity index (χ2v) is 13.7. The highest BCUT2D eigenvalue weighted by molar-refractivity contribution is 6.05. The van der Waals surface area contributed by atoms with Gasteiger partial charge in [0.05, 0.1) is 24.5 Å². The van der Waals surface area contributed by atoms with E-state index in [1.807, 2.05) is 23.1 Å². The van der Waals surface area contributed by atoms with E-state index in [1.165, 1.54) is 0 Å². The Morgan fingerprint density at radius 1 is 1.00 bits per heavy atom. The molecule has 0 saturated carbocycles. The van der Waals surface area contributed by atoms with Gasteiger partial charge in [-0.15, -0.1) is 10.2 Å². The maximum absolute atomic E-state index is 13.3. The molecule has 3 fully saturated rings. The molecule has 3 saturated heterocycles. The Kier molecular flexibility index (Phi) is 7.22. The monoisotopic (exact) mass is 651 g/mol. The lowest BCUT2D eigenvalue weighted by Crippen LogP contribution is -2.67. The van der Waals surface area contributed by atoms with Crippen LogP contribution in [0.4, 0.5) is 11.5 Å². The predicted octanol–water partition coefficient (Wildman–Crippen LogP) is 2.41. The Hall–Kier alpha value is -5.20. The molecule has 248 valence electrons. The van der Waals surface area contributed by atoms with E-state index in [2.05, 4.69) is 20.4 Å². The molecule has 5 aliphatic rings. The average molecular weight is 652 g/mol. The van der Waals surface area contributed by atoms with Crippen LogP contribution in [-0.4, -0.2) is 86.6 Å². The van der Waals surface area contributed by atoms with Crippen molar-refractivity contribution in [2.75, 3.05) is 36.8 Å². The zero-order chi connectivity index (χ0) is 33.2. The van der Waals surface area contributed by atoms with Crippen LogP contribution in [0.15, 0.2) is 42.5 Å². The Balaban J connectivity index is 0.856. The minimum absolute atomic E-state index is 0.129. The summed E-state index contributed by atoms with van der Waals surface area (Å²) in [4.78, 5) is 56.3. The Morgan fingerprint density at radius 2 is 1.79 bits per heavy atom. The van der Waals surface area contributed by atoms with Crippen molar-refractivity contribution in [1.82, 2.24) is 25.3 Å². The fourth-order valence-corrected chi connectivity index (χ4v) is 7.85. The number of piperidine rings is 2. The van der Waals surface area contributed by atoms with E-state index >= 15 is 0 Å².